The molecule has 0 bridgehead atoms. The SMILES string of the molecule is COc1ccccc1C=NNc1nc2ccccc2c(=O)n1-c1ccccc1. The summed E-state index contributed by atoms with van der Waals surface area (Å²) in [4.78, 5) is 17.7. The molecule has 1 aromatic heterocycles. The molecule has 0 spiro atoms. The first-order valence-electron chi connectivity index (χ1n) is 8.77. The maximum Gasteiger partial charge on any atom is 0.267 e. The van der Waals surface area contributed by atoms with Gasteiger partial charge in [-0.25, -0.2) is 15.0 Å². The number of hydrogen-bond acceptors (Lipinski definition) is 5. The number of fused-ring (bicyclic) bond motifs is 1. The molecule has 0 amide bonds. The van der Waals surface area contributed by atoms with Crippen molar-refractivity contribution in [2.45, 2.75) is 0 Å². The zero-order valence-corrected chi connectivity index (χ0v) is 15.2. The number of ether oxygens (including phenoxy) is 1. The fourth-order valence-corrected chi connectivity index (χ4v) is 2.96. The van der Waals surface area contributed by atoms with Gasteiger partial charge in [0.05, 0.1) is 29.9 Å². The van der Waals surface area contributed by atoms with Gasteiger partial charge >= 0.3 is 0 Å². The molecule has 4 rings (SSSR count). The molecule has 28 heavy (non-hydrogen) atoms. The van der Waals surface area contributed by atoms with Crippen molar-refractivity contribution in [2.75, 3.05) is 12.5 Å². The van der Waals surface area contributed by atoms with Gasteiger partial charge in [0.2, 0.25) is 5.95 Å². The minimum atomic E-state index is -0.160. The first-order chi connectivity index (χ1) is 13.8. The van der Waals surface area contributed by atoms with Crippen LogP contribution in [0, 0.1) is 0 Å². The van der Waals surface area contributed by atoms with E-state index in [9.17, 15) is 4.79 Å². The number of benzene rings is 3. The summed E-state index contributed by atoms with van der Waals surface area (Å²) < 4.78 is 6.84. The zero-order chi connectivity index (χ0) is 19.3. The minimum absolute atomic E-state index is 0.160. The number of nitrogens with zero attached hydrogens (tertiary/aromatic N) is 3. The van der Waals surface area contributed by atoms with Crippen molar-refractivity contribution < 1.29 is 4.74 Å². The Morgan fingerprint density at radius 1 is 0.964 bits per heavy atom. The number of hydrogen-bond donors (Lipinski definition) is 1. The molecular formula is C22H18N4O2. The molecule has 1 heterocycles. The molecule has 0 aliphatic heterocycles. The Balaban J connectivity index is 1.79. The van der Waals surface area contributed by atoms with Gasteiger partial charge in [-0.2, -0.15) is 5.10 Å². The summed E-state index contributed by atoms with van der Waals surface area (Å²) in [5, 5.41) is 4.82. The third kappa shape index (κ3) is 3.35. The van der Waals surface area contributed by atoms with Crippen LogP contribution in [0.2, 0.25) is 0 Å². The standard InChI is InChI=1S/C22H18N4O2/c1-28-20-14-8-5-9-16(20)15-23-25-22-24-19-13-7-6-12-18(19)21(27)26(22)17-10-3-2-4-11-17/h2-15H,1H3,(H,24,25). The number of para-hydroxylation sites is 3. The molecule has 0 aliphatic carbocycles. The summed E-state index contributed by atoms with van der Waals surface area (Å²) >= 11 is 0. The van der Waals surface area contributed by atoms with Gasteiger partial charge in [0.25, 0.3) is 5.56 Å². The molecule has 6 nitrogen and oxygen atoms in total. The van der Waals surface area contributed by atoms with Crippen LogP contribution >= 0.6 is 0 Å². The largest absolute Gasteiger partial charge is 0.496 e. The van der Waals surface area contributed by atoms with Gasteiger partial charge in [0.15, 0.2) is 0 Å². The van der Waals surface area contributed by atoms with Crippen molar-refractivity contribution in [1.29, 1.82) is 0 Å². The van der Waals surface area contributed by atoms with Crippen LogP contribution in [0.15, 0.2) is 88.8 Å². The van der Waals surface area contributed by atoms with Crippen molar-refractivity contribution in [3.63, 3.8) is 0 Å². The minimum Gasteiger partial charge on any atom is -0.496 e. The van der Waals surface area contributed by atoms with E-state index in [0.717, 1.165) is 5.56 Å². The molecule has 0 saturated heterocycles. The predicted molar refractivity (Wildman–Crippen MR) is 112 cm³/mol. The molecule has 6 heteroatoms. The van der Waals surface area contributed by atoms with Crippen molar-refractivity contribution in [2.24, 2.45) is 5.10 Å². The van der Waals surface area contributed by atoms with Crippen molar-refractivity contribution in [3.8, 4) is 11.4 Å². The Hall–Kier alpha value is -3.93. The second kappa shape index (κ2) is 7.75. The van der Waals surface area contributed by atoms with Crippen molar-refractivity contribution in [3.05, 3.63) is 94.8 Å². The van der Waals surface area contributed by atoms with Gasteiger partial charge in [0.1, 0.15) is 5.75 Å². The van der Waals surface area contributed by atoms with Gasteiger partial charge in [-0.05, 0) is 36.4 Å². The first kappa shape index (κ1) is 17.5. The highest BCUT2D eigenvalue weighted by Crippen LogP contribution is 2.17. The highest BCUT2D eigenvalue weighted by Gasteiger charge is 2.12. The summed E-state index contributed by atoms with van der Waals surface area (Å²) in [6.07, 6.45) is 1.63. The van der Waals surface area contributed by atoms with E-state index in [4.69, 9.17) is 4.74 Å². The van der Waals surface area contributed by atoms with E-state index >= 15 is 0 Å². The van der Waals surface area contributed by atoms with E-state index in [1.54, 1.807) is 25.5 Å². The Kier molecular flexibility index (Phi) is 4.84. The van der Waals surface area contributed by atoms with Crippen LogP contribution in [0.4, 0.5) is 5.95 Å². The lowest BCUT2D eigenvalue weighted by Crippen LogP contribution is -2.22. The summed E-state index contributed by atoms with van der Waals surface area (Å²) in [6.45, 7) is 0. The lowest BCUT2D eigenvalue weighted by Gasteiger charge is -2.12. The predicted octanol–water partition coefficient (Wildman–Crippen LogP) is 3.84. The zero-order valence-electron chi connectivity index (χ0n) is 15.2. The Morgan fingerprint density at radius 3 is 2.50 bits per heavy atom. The number of aromatic nitrogens is 2. The molecule has 4 aromatic rings. The van der Waals surface area contributed by atoms with E-state index in [2.05, 4.69) is 15.5 Å². The molecule has 0 aliphatic rings. The number of methoxy groups -OCH3 is 1. The lowest BCUT2D eigenvalue weighted by molar-refractivity contribution is 0.414. The van der Waals surface area contributed by atoms with Crippen LogP contribution in [0.25, 0.3) is 16.6 Å². The summed E-state index contributed by atoms with van der Waals surface area (Å²) in [5.41, 5.74) is 4.88. The van der Waals surface area contributed by atoms with Crippen LogP contribution in [-0.2, 0) is 0 Å². The van der Waals surface area contributed by atoms with E-state index in [-0.39, 0.29) is 5.56 Å². The molecule has 1 N–H and O–H groups in total. The summed E-state index contributed by atoms with van der Waals surface area (Å²) in [5.74, 6) is 1.04. The van der Waals surface area contributed by atoms with E-state index in [0.29, 0.717) is 28.3 Å². The van der Waals surface area contributed by atoms with Crippen LogP contribution < -0.4 is 15.7 Å². The van der Waals surface area contributed by atoms with Gasteiger partial charge in [-0.15, -0.1) is 0 Å². The second-order valence-electron chi connectivity index (χ2n) is 6.04. The number of anilines is 1. The van der Waals surface area contributed by atoms with Gasteiger partial charge in [-0.1, -0.05) is 42.5 Å². The fraction of sp³-hybridized carbons (Fsp3) is 0.0455. The smallest absolute Gasteiger partial charge is 0.267 e. The van der Waals surface area contributed by atoms with Gasteiger partial charge in [0, 0.05) is 5.56 Å². The second-order valence-corrected chi connectivity index (χ2v) is 6.04. The summed E-state index contributed by atoms with van der Waals surface area (Å²) in [6, 6.07) is 24.1. The Morgan fingerprint density at radius 2 is 1.68 bits per heavy atom. The third-order valence-corrected chi connectivity index (χ3v) is 4.30. The van der Waals surface area contributed by atoms with Crippen LogP contribution in [0.1, 0.15) is 5.56 Å². The van der Waals surface area contributed by atoms with Crippen LogP contribution in [0.3, 0.4) is 0 Å². The Labute approximate surface area is 161 Å². The van der Waals surface area contributed by atoms with Gasteiger partial charge in [-0.3, -0.25) is 4.79 Å². The van der Waals surface area contributed by atoms with Gasteiger partial charge < -0.3 is 4.74 Å². The van der Waals surface area contributed by atoms with E-state index in [1.807, 2.05) is 66.7 Å². The average molecular weight is 370 g/mol. The number of rotatable bonds is 5. The van der Waals surface area contributed by atoms with Crippen molar-refractivity contribution >= 4 is 23.1 Å². The normalized spacial score (nSPS) is 11.0. The van der Waals surface area contributed by atoms with Crippen LogP contribution in [-0.4, -0.2) is 22.9 Å². The molecule has 138 valence electrons. The lowest BCUT2D eigenvalue weighted by atomic mass is 10.2. The topological polar surface area (TPSA) is 68.5 Å². The third-order valence-electron chi connectivity index (χ3n) is 4.30. The first-order valence-corrected chi connectivity index (χ1v) is 8.77. The molecule has 0 radical (unpaired) electrons. The van der Waals surface area contributed by atoms with Crippen molar-refractivity contribution in [1.82, 2.24) is 9.55 Å². The molecule has 0 unspecified atom stereocenters. The maximum absolute atomic E-state index is 13.1. The molecule has 0 saturated carbocycles. The molecule has 0 atom stereocenters. The molecular weight excluding hydrogens is 352 g/mol. The highest BCUT2D eigenvalue weighted by molar-refractivity contribution is 5.84. The quantitative estimate of drug-likeness (QED) is 0.428. The van der Waals surface area contributed by atoms with E-state index in [1.165, 1.54) is 4.57 Å². The van der Waals surface area contributed by atoms with E-state index < -0.39 is 0 Å². The molecule has 0 fully saturated rings. The monoisotopic (exact) mass is 370 g/mol. The summed E-state index contributed by atoms with van der Waals surface area (Å²) in [7, 11) is 1.61. The molecule has 3 aromatic carbocycles. The number of hydrazone groups is 1. The highest BCUT2D eigenvalue weighted by atomic mass is 16.5. The Bertz CT molecular complexity index is 1200. The number of nitrogens with one attached hydrogen (secondary N) is 1. The van der Waals surface area contributed by atoms with Crippen LogP contribution in [0.5, 0.6) is 5.75 Å². The average Bonchev–Trinajstić information content (AvgIpc) is 2.75. The maximum atomic E-state index is 13.1. The fourth-order valence-electron chi connectivity index (χ4n) is 2.96.